The summed E-state index contributed by atoms with van der Waals surface area (Å²) < 4.78 is 5.11. The molecule has 0 saturated heterocycles. The van der Waals surface area contributed by atoms with E-state index < -0.39 is 0 Å². The molecule has 0 bridgehead atoms. The van der Waals surface area contributed by atoms with Crippen molar-refractivity contribution < 1.29 is 4.74 Å². The highest BCUT2D eigenvalue weighted by atomic mass is 35.5. The van der Waals surface area contributed by atoms with Crippen molar-refractivity contribution in [3.63, 3.8) is 0 Å². The first kappa shape index (κ1) is 9.25. The predicted molar refractivity (Wildman–Crippen MR) is 40.8 cm³/mol. The van der Waals surface area contributed by atoms with Crippen molar-refractivity contribution in [2.45, 2.75) is 38.7 Å². The predicted octanol–water partition coefficient (Wildman–Crippen LogP) is 2.78. The SMILES string of the molecule is CCCCC(Cl)OCC. The Bertz CT molecular complexity index is 56.9. The van der Waals surface area contributed by atoms with Gasteiger partial charge in [0, 0.05) is 6.61 Å². The molecule has 0 aromatic carbocycles. The van der Waals surface area contributed by atoms with Crippen molar-refractivity contribution in [3.8, 4) is 0 Å². The first-order valence-corrected chi connectivity index (χ1v) is 4.00. The summed E-state index contributed by atoms with van der Waals surface area (Å²) in [5.74, 6) is 0. The molecule has 0 radical (unpaired) electrons. The van der Waals surface area contributed by atoms with Gasteiger partial charge in [-0.15, -0.1) is 0 Å². The molecule has 1 atom stereocenters. The largest absolute Gasteiger partial charge is 0.363 e. The second-order valence-corrected chi connectivity index (χ2v) is 2.49. The van der Waals surface area contributed by atoms with E-state index in [-0.39, 0.29) is 5.56 Å². The van der Waals surface area contributed by atoms with Crippen LogP contribution < -0.4 is 0 Å². The number of unbranched alkanes of at least 4 members (excludes halogenated alkanes) is 1. The molecule has 0 N–H and O–H groups in total. The Morgan fingerprint density at radius 2 is 2.11 bits per heavy atom. The number of alkyl halides is 1. The normalized spacial score (nSPS) is 13.7. The van der Waals surface area contributed by atoms with Gasteiger partial charge in [-0.1, -0.05) is 24.9 Å². The van der Waals surface area contributed by atoms with Crippen LogP contribution in [0.1, 0.15) is 33.1 Å². The van der Waals surface area contributed by atoms with Crippen LogP contribution in [0.15, 0.2) is 0 Å². The molecule has 0 aromatic heterocycles. The lowest BCUT2D eigenvalue weighted by atomic mass is 10.3. The third kappa shape index (κ3) is 6.13. The molecular formula is C7H15ClO. The van der Waals surface area contributed by atoms with E-state index in [1.807, 2.05) is 6.92 Å². The Kier molecular flexibility index (Phi) is 6.55. The molecule has 2 heteroatoms. The average Bonchev–Trinajstić information content (AvgIpc) is 1.85. The zero-order valence-corrected chi connectivity index (χ0v) is 6.95. The second kappa shape index (κ2) is 6.37. The molecule has 0 saturated carbocycles. The van der Waals surface area contributed by atoms with Crippen molar-refractivity contribution in [2.75, 3.05) is 6.61 Å². The Labute approximate surface area is 62.3 Å². The highest BCUT2D eigenvalue weighted by Crippen LogP contribution is 2.07. The Morgan fingerprint density at radius 3 is 2.56 bits per heavy atom. The summed E-state index contributed by atoms with van der Waals surface area (Å²) in [4.78, 5) is 0. The summed E-state index contributed by atoms with van der Waals surface area (Å²) >= 11 is 5.74. The Hall–Kier alpha value is 0.250. The number of ether oxygens (including phenoxy) is 1. The molecule has 0 heterocycles. The quantitative estimate of drug-likeness (QED) is 0.548. The number of rotatable bonds is 5. The summed E-state index contributed by atoms with van der Waals surface area (Å²) in [5.41, 5.74) is -0.0602. The molecule has 0 spiro atoms. The topological polar surface area (TPSA) is 9.23 Å². The zero-order chi connectivity index (χ0) is 7.11. The summed E-state index contributed by atoms with van der Waals surface area (Å²) in [6.07, 6.45) is 3.33. The van der Waals surface area contributed by atoms with Crippen LogP contribution in [0.25, 0.3) is 0 Å². The number of hydrogen-bond acceptors (Lipinski definition) is 1. The molecule has 1 nitrogen and oxygen atoms in total. The molecule has 0 aliphatic heterocycles. The second-order valence-electron chi connectivity index (χ2n) is 2.01. The highest BCUT2D eigenvalue weighted by molar-refractivity contribution is 6.19. The molecule has 0 aliphatic carbocycles. The lowest BCUT2D eigenvalue weighted by molar-refractivity contribution is 0.112. The molecule has 0 aliphatic rings. The van der Waals surface area contributed by atoms with Gasteiger partial charge in [-0.3, -0.25) is 0 Å². The highest BCUT2D eigenvalue weighted by Gasteiger charge is 1.99. The van der Waals surface area contributed by atoms with Crippen molar-refractivity contribution in [1.82, 2.24) is 0 Å². The van der Waals surface area contributed by atoms with Gasteiger partial charge in [0.15, 0.2) is 0 Å². The third-order valence-electron chi connectivity index (χ3n) is 1.13. The number of halogens is 1. The van der Waals surface area contributed by atoms with Crippen molar-refractivity contribution in [1.29, 1.82) is 0 Å². The van der Waals surface area contributed by atoms with E-state index in [2.05, 4.69) is 6.92 Å². The van der Waals surface area contributed by atoms with E-state index in [1.54, 1.807) is 0 Å². The van der Waals surface area contributed by atoms with Crippen LogP contribution in [-0.4, -0.2) is 12.2 Å². The van der Waals surface area contributed by atoms with E-state index in [0.717, 1.165) is 19.4 Å². The van der Waals surface area contributed by atoms with Crippen LogP contribution in [-0.2, 0) is 4.74 Å². The number of hydrogen-bond donors (Lipinski definition) is 0. The van der Waals surface area contributed by atoms with Crippen LogP contribution >= 0.6 is 11.6 Å². The minimum atomic E-state index is -0.0602. The summed E-state index contributed by atoms with van der Waals surface area (Å²) in [5, 5.41) is 0. The van der Waals surface area contributed by atoms with E-state index in [1.165, 1.54) is 6.42 Å². The van der Waals surface area contributed by atoms with Gasteiger partial charge >= 0.3 is 0 Å². The first-order chi connectivity index (χ1) is 4.31. The van der Waals surface area contributed by atoms with Crippen molar-refractivity contribution in [3.05, 3.63) is 0 Å². The monoisotopic (exact) mass is 150 g/mol. The smallest absolute Gasteiger partial charge is 0.131 e. The van der Waals surface area contributed by atoms with E-state index in [9.17, 15) is 0 Å². The maximum absolute atomic E-state index is 5.74. The summed E-state index contributed by atoms with van der Waals surface area (Å²) in [6.45, 7) is 4.83. The fraction of sp³-hybridized carbons (Fsp3) is 1.00. The van der Waals surface area contributed by atoms with Crippen LogP contribution in [0.2, 0.25) is 0 Å². The molecule has 9 heavy (non-hydrogen) atoms. The van der Waals surface area contributed by atoms with Crippen molar-refractivity contribution in [2.24, 2.45) is 0 Å². The van der Waals surface area contributed by atoms with Gasteiger partial charge in [0.25, 0.3) is 0 Å². The Balaban J connectivity index is 2.95. The molecule has 0 amide bonds. The molecule has 56 valence electrons. The first-order valence-electron chi connectivity index (χ1n) is 3.57. The minimum absolute atomic E-state index is 0.0602. The average molecular weight is 151 g/mol. The van der Waals surface area contributed by atoms with Crippen LogP contribution in [0.5, 0.6) is 0 Å². The van der Waals surface area contributed by atoms with Gasteiger partial charge in [0.1, 0.15) is 5.56 Å². The van der Waals surface area contributed by atoms with Crippen LogP contribution in [0.3, 0.4) is 0 Å². The van der Waals surface area contributed by atoms with E-state index in [4.69, 9.17) is 16.3 Å². The maximum Gasteiger partial charge on any atom is 0.131 e. The fourth-order valence-electron chi connectivity index (χ4n) is 0.629. The molecule has 0 fully saturated rings. The van der Waals surface area contributed by atoms with Gasteiger partial charge < -0.3 is 4.74 Å². The van der Waals surface area contributed by atoms with Gasteiger partial charge in [-0.25, -0.2) is 0 Å². The van der Waals surface area contributed by atoms with Crippen molar-refractivity contribution >= 4 is 11.6 Å². The van der Waals surface area contributed by atoms with Gasteiger partial charge in [-0.2, -0.15) is 0 Å². The summed E-state index contributed by atoms with van der Waals surface area (Å²) in [7, 11) is 0. The van der Waals surface area contributed by atoms with Gasteiger partial charge in [-0.05, 0) is 19.8 Å². The fourth-order valence-corrected chi connectivity index (χ4v) is 0.909. The summed E-state index contributed by atoms with van der Waals surface area (Å²) in [6, 6.07) is 0. The molecule has 1 unspecified atom stereocenters. The van der Waals surface area contributed by atoms with Crippen LogP contribution in [0.4, 0.5) is 0 Å². The molecular weight excluding hydrogens is 136 g/mol. The van der Waals surface area contributed by atoms with Gasteiger partial charge in [0.2, 0.25) is 0 Å². The van der Waals surface area contributed by atoms with Gasteiger partial charge in [0.05, 0.1) is 0 Å². The minimum Gasteiger partial charge on any atom is -0.363 e. The molecule has 0 rings (SSSR count). The lowest BCUT2D eigenvalue weighted by Gasteiger charge is -2.06. The maximum atomic E-state index is 5.74. The molecule has 0 aromatic rings. The standard InChI is InChI=1S/C7H15ClO/c1-3-5-6-7(8)9-4-2/h7H,3-6H2,1-2H3. The van der Waals surface area contributed by atoms with E-state index >= 15 is 0 Å². The van der Waals surface area contributed by atoms with E-state index in [0.29, 0.717) is 0 Å². The zero-order valence-electron chi connectivity index (χ0n) is 6.19. The van der Waals surface area contributed by atoms with Crippen LogP contribution in [0, 0.1) is 0 Å². The third-order valence-corrected chi connectivity index (χ3v) is 1.48. The Morgan fingerprint density at radius 1 is 1.44 bits per heavy atom. The lowest BCUT2D eigenvalue weighted by Crippen LogP contribution is -2.03.